The van der Waals surface area contributed by atoms with Crippen LogP contribution >= 0.6 is 0 Å². The van der Waals surface area contributed by atoms with Crippen molar-refractivity contribution in [2.24, 2.45) is 0 Å². The van der Waals surface area contributed by atoms with E-state index in [9.17, 15) is 5.21 Å². The molecule has 0 unspecified atom stereocenters. The van der Waals surface area contributed by atoms with E-state index in [1.165, 1.54) is 0 Å². The number of nitrogens with zero attached hydrogens (tertiary/aromatic N) is 2. The number of quaternary nitrogens is 1. The molecule has 2 saturated heterocycles. The van der Waals surface area contributed by atoms with E-state index in [2.05, 4.69) is 5.32 Å². The molecule has 0 aromatic rings. The zero-order valence-corrected chi connectivity index (χ0v) is 7.95. The molecule has 0 aromatic carbocycles. The molecule has 0 bridgehead atoms. The van der Waals surface area contributed by atoms with Crippen LogP contribution in [-0.4, -0.2) is 50.1 Å². The normalized spacial score (nSPS) is 30.2. The molecular weight excluding hydrogens is 168 g/mol. The van der Waals surface area contributed by atoms with E-state index < -0.39 is 0 Å². The molecule has 0 aromatic heterocycles. The van der Waals surface area contributed by atoms with Crippen LogP contribution < -0.4 is 5.32 Å². The predicted molar refractivity (Wildman–Crippen MR) is 49.1 cm³/mol. The number of hydrogen-bond donors (Lipinski definition) is 0. The monoisotopic (exact) mass is 185 g/mol. The SMILES string of the molecule is [O-][N+]1(C2CC[N]CC2)CCOCC1. The average molecular weight is 185 g/mol. The molecular formula is C9H17N2O2. The molecule has 0 aliphatic carbocycles. The van der Waals surface area contributed by atoms with Crippen molar-refractivity contribution in [2.75, 3.05) is 39.4 Å². The quantitative estimate of drug-likeness (QED) is 0.429. The van der Waals surface area contributed by atoms with Crippen LogP contribution in [0.15, 0.2) is 0 Å². The molecule has 2 aliphatic heterocycles. The summed E-state index contributed by atoms with van der Waals surface area (Å²) in [6, 6.07) is 0.293. The maximum Gasteiger partial charge on any atom is 0.102 e. The first kappa shape index (κ1) is 9.40. The van der Waals surface area contributed by atoms with E-state index in [4.69, 9.17) is 4.74 Å². The molecule has 0 saturated carbocycles. The molecule has 4 nitrogen and oxygen atoms in total. The second-order valence-corrected chi connectivity index (χ2v) is 3.91. The fraction of sp³-hybridized carbons (Fsp3) is 1.00. The Balaban J connectivity index is 1.94. The molecule has 2 heterocycles. The summed E-state index contributed by atoms with van der Waals surface area (Å²) in [4.78, 5) is 0. The van der Waals surface area contributed by atoms with Crippen molar-refractivity contribution in [3.05, 3.63) is 5.21 Å². The van der Waals surface area contributed by atoms with Crippen molar-refractivity contribution in [3.63, 3.8) is 0 Å². The van der Waals surface area contributed by atoms with E-state index in [0.29, 0.717) is 32.3 Å². The predicted octanol–water partition coefficient (Wildman–Crippen LogP) is 0.0980. The van der Waals surface area contributed by atoms with Crippen molar-refractivity contribution in [3.8, 4) is 0 Å². The van der Waals surface area contributed by atoms with Gasteiger partial charge in [-0.05, 0) is 0 Å². The van der Waals surface area contributed by atoms with Gasteiger partial charge in [-0.2, -0.15) is 0 Å². The van der Waals surface area contributed by atoms with Gasteiger partial charge < -0.3 is 14.6 Å². The van der Waals surface area contributed by atoms with Gasteiger partial charge >= 0.3 is 0 Å². The third-order valence-corrected chi connectivity index (χ3v) is 3.13. The first-order chi connectivity index (χ1) is 6.31. The lowest BCUT2D eigenvalue weighted by Crippen LogP contribution is -2.58. The van der Waals surface area contributed by atoms with Gasteiger partial charge in [-0.3, -0.25) is 0 Å². The van der Waals surface area contributed by atoms with Crippen molar-refractivity contribution < 1.29 is 9.38 Å². The fourth-order valence-electron chi connectivity index (χ4n) is 2.22. The maximum atomic E-state index is 12.3. The summed E-state index contributed by atoms with van der Waals surface area (Å²) in [5.41, 5.74) is 0. The minimum Gasteiger partial charge on any atom is -0.632 e. The smallest absolute Gasteiger partial charge is 0.102 e. The standard InChI is InChI=1S/C9H17N2O2/c12-11(5-7-13-8-6-11)9-1-3-10-4-2-9/h9H,1-8H2. The van der Waals surface area contributed by atoms with Crippen LogP contribution in [0.2, 0.25) is 0 Å². The Hall–Kier alpha value is -0.160. The summed E-state index contributed by atoms with van der Waals surface area (Å²) in [5.74, 6) is 0. The Morgan fingerprint density at radius 2 is 1.77 bits per heavy atom. The van der Waals surface area contributed by atoms with E-state index in [0.717, 1.165) is 25.9 Å². The van der Waals surface area contributed by atoms with Crippen LogP contribution in [0.25, 0.3) is 0 Å². The first-order valence-corrected chi connectivity index (χ1v) is 5.10. The van der Waals surface area contributed by atoms with Crippen LogP contribution in [0, 0.1) is 5.21 Å². The fourth-order valence-corrected chi connectivity index (χ4v) is 2.22. The number of hydroxylamine groups is 3. The van der Waals surface area contributed by atoms with Gasteiger partial charge in [0.15, 0.2) is 0 Å². The Morgan fingerprint density at radius 3 is 2.38 bits per heavy atom. The van der Waals surface area contributed by atoms with Gasteiger partial charge in [-0.15, -0.1) is 0 Å². The molecule has 1 radical (unpaired) electrons. The highest BCUT2D eigenvalue weighted by Gasteiger charge is 2.32. The summed E-state index contributed by atoms with van der Waals surface area (Å²) in [6.45, 7) is 4.32. The lowest BCUT2D eigenvalue weighted by Gasteiger charge is -2.51. The van der Waals surface area contributed by atoms with E-state index in [1.54, 1.807) is 0 Å². The highest BCUT2D eigenvalue weighted by Crippen LogP contribution is 2.22. The molecule has 0 atom stereocenters. The molecule has 4 heteroatoms. The van der Waals surface area contributed by atoms with Gasteiger partial charge in [0.2, 0.25) is 0 Å². The van der Waals surface area contributed by atoms with Crippen LogP contribution in [0.1, 0.15) is 12.8 Å². The molecule has 2 fully saturated rings. The molecule has 75 valence electrons. The summed E-state index contributed by atoms with van der Waals surface area (Å²) in [6.07, 6.45) is 1.95. The minimum atomic E-state index is -0.0183. The highest BCUT2D eigenvalue weighted by atomic mass is 16.6. The van der Waals surface area contributed by atoms with Gasteiger partial charge in [0, 0.05) is 25.9 Å². The second kappa shape index (κ2) is 3.92. The van der Waals surface area contributed by atoms with Gasteiger partial charge in [0.1, 0.15) is 13.1 Å². The summed E-state index contributed by atoms with van der Waals surface area (Å²) < 4.78 is 5.20. The van der Waals surface area contributed by atoms with Crippen LogP contribution in [0.3, 0.4) is 0 Å². The van der Waals surface area contributed by atoms with Crippen molar-refractivity contribution in [2.45, 2.75) is 18.9 Å². The molecule has 0 N–H and O–H groups in total. The lowest BCUT2D eigenvalue weighted by molar-refractivity contribution is -0.913. The minimum absolute atomic E-state index is 0.0183. The Kier molecular flexibility index (Phi) is 2.83. The number of ether oxygens (including phenoxy) is 1. The maximum absolute atomic E-state index is 12.3. The third-order valence-electron chi connectivity index (χ3n) is 3.13. The second-order valence-electron chi connectivity index (χ2n) is 3.91. The zero-order valence-electron chi connectivity index (χ0n) is 7.95. The topological polar surface area (TPSA) is 46.4 Å². The van der Waals surface area contributed by atoms with Crippen LogP contribution in [0.5, 0.6) is 0 Å². The molecule has 0 amide bonds. The van der Waals surface area contributed by atoms with Gasteiger partial charge in [0.25, 0.3) is 0 Å². The van der Waals surface area contributed by atoms with Crippen LogP contribution in [0.4, 0.5) is 0 Å². The van der Waals surface area contributed by atoms with E-state index in [-0.39, 0.29) is 4.65 Å². The highest BCUT2D eigenvalue weighted by molar-refractivity contribution is 4.71. The first-order valence-electron chi connectivity index (χ1n) is 5.10. The Labute approximate surface area is 79.0 Å². The largest absolute Gasteiger partial charge is 0.632 e. The number of rotatable bonds is 1. The average Bonchev–Trinajstić information content (AvgIpc) is 2.20. The molecule has 0 spiro atoms. The molecule has 2 rings (SSSR count). The van der Waals surface area contributed by atoms with Gasteiger partial charge in [-0.1, -0.05) is 0 Å². The van der Waals surface area contributed by atoms with Crippen molar-refractivity contribution >= 4 is 0 Å². The number of piperidine rings is 1. The Bertz CT molecular complexity index is 163. The molecule has 13 heavy (non-hydrogen) atoms. The Morgan fingerprint density at radius 1 is 1.15 bits per heavy atom. The third kappa shape index (κ3) is 2.02. The van der Waals surface area contributed by atoms with E-state index in [1.807, 2.05) is 0 Å². The molecule has 2 aliphatic rings. The summed E-state index contributed by atoms with van der Waals surface area (Å²) in [7, 11) is 0. The van der Waals surface area contributed by atoms with Crippen molar-refractivity contribution in [1.82, 2.24) is 5.32 Å². The van der Waals surface area contributed by atoms with Gasteiger partial charge in [-0.25, -0.2) is 5.32 Å². The zero-order chi connectivity index (χ0) is 9.15. The lowest BCUT2D eigenvalue weighted by atomic mass is 10.0. The number of morpholine rings is 1. The van der Waals surface area contributed by atoms with Gasteiger partial charge in [0.05, 0.1) is 19.3 Å². The van der Waals surface area contributed by atoms with Crippen LogP contribution in [-0.2, 0) is 4.74 Å². The van der Waals surface area contributed by atoms with E-state index >= 15 is 0 Å². The number of hydrogen-bond acceptors (Lipinski definition) is 2. The van der Waals surface area contributed by atoms with Crippen molar-refractivity contribution in [1.29, 1.82) is 0 Å². The summed E-state index contributed by atoms with van der Waals surface area (Å²) in [5, 5.41) is 16.6. The summed E-state index contributed by atoms with van der Waals surface area (Å²) >= 11 is 0.